The molecule has 6 heteroatoms. The van der Waals surface area contributed by atoms with E-state index in [1.165, 1.54) is 0 Å². The van der Waals surface area contributed by atoms with E-state index in [0.717, 1.165) is 80.7 Å². The van der Waals surface area contributed by atoms with Gasteiger partial charge in [-0.15, -0.1) is 0 Å². The van der Waals surface area contributed by atoms with E-state index >= 15 is 0 Å². The van der Waals surface area contributed by atoms with E-state index in [9.17, 15) is 0 Å². The second kappa shape index (κ2) is 13.3. The Labute approximate surface area is 280 Å². The molecule has 0 aliphatic carbocycles. The number of benzene rings is 6. The third-order valence-corrected chi connectivity index (χ3v) is 8.69. The molecule has 234 valence electrons. The minimum absolute atomic E-state index is 0.544. The Morgan fingerprint density at radius 1 is 0.458 bits per heavy atom. The van der Waals surface area contributed by atoms with Gasteiger partial charge in [0.2, 0.25) is 0 Å². The summed E-state index contributed by atoms with van der Waals surface area (Å²) in [5.74, 6) is 1.85. The lowest BCUT2D eigenvalue weighted by molar-refractivity contribution is 0.289. The van der Waals surface area contributed by atoms with Gasteiger partial charge in [-0.1, -0.05) is 84.9 Å². The summed E-state index contributed by atoms with van der Waals surface area (Å²) >= 11 is 0. The van der Waals surface area contributed by atoms with Crippen molar-refractivity contribution in [3.63, 3.8) is 0 Å². The molecule has 0 fully saturated rings. The maximum Gasteiger partial charge on any atom is 0.161 e. The summed E-state index contributed by atoms with van der Waals surface area (Å²) in [6.07, 6.45) is 3.82. The molecule has 0 N–H and O–H groups in total. The zero-order chi connectivity index (χ0) is 32.1. The molecule has 0 radical (unpaired) electrons. The van der Waals surface area contributed by atoms with Crippen LogP contribution in [-0.4, -0.2) is 25.9 Å². The molecule has 0 saturated carbocycles. The van der Waals surface area contributed by atoms with Gasteiger partial charge in [-0.05, 0) is 82.9 Å². The Bertz CT molecular complexity index is 1920. The lowest BCUT2D eigenvalue weighted by Gasteiger charge is -2.30. The topological polar surface area (TPSA) is 49.7 Å². The van der Waals surface area contributed by atoms with Crippen LogP contribution in [0.25, 0.3) is 11.1 Å². The fourth-order valence-corrected chi connectivity index (χ4v) is 6.05. The number of anilines is 2. The van der Waals surface area contributed by atoms with Gasteiger partial charge in [0.15, 0.2) is 13.5 Å². The minimum atomic E-state index is 0.544. The molecule has 2 heterocycles. The van der Waals surface area contributed by atoms with Crippen molar-refractivity contribution in [3.05, 3.63) is 168 Å². The highest BCUT2D eigenvalue weighted by molar-refractivity contribution is 5.85. The molecule has 6 aromatic rings. The van der Waals surface area contributed by atoms with E-state index < -0.39 is 0 Å². The lowest BCUT2D eigenvalue weighted by Crippen LogP contribution is -2.31. The Morgan fingerprint density at radius 2 is 0.875 bits per heavy atom. The first-order chi connectivity index (χ1) is 23.7. The number of ether oxygens (including phenoxy) is 2. The fourth-order valence-electron chi connectivity index (χ4n) is 6.05. The van der Waals surface area contributed by atoms with Crippen molar-refractivity contribution in [2.24, 2.45) is 9.98 Å². The average Bonchev–Trinajstić information content (AvgIpc) is 3.17. The maximum absolute atomic E-state index is 6.00. The number of hydrogen-bond acceptors (Lipinski definition) is 6. The van der Waals surface area contributed by atoms with Crippen LogP contribution in [0, 0.1) is 0 Å². The Hall–Kier alpha value is -6.14. The zero-order valence-electron chi connectivity index (χ0n) is 26.4. The Morgan fingerprint density at radius 3 is 1.29 bits per heavy atom. The predicted molar refractivity (Wildman–Crippen MR) is 196 cm³/mol. The molecule has 0 bridgehead atoms. The van der Waals surface area contributed by atoms with Crippen LogP contribution in [0.2, 0.25) is 0 Å². The van der Waals surface area contributed by atoms with Crippen LogP contribution in [0.4, 0.5) is 22.7 Å². The average molecular weight is 627 g/mol. The van der Waals surface area contributed by atoms with E-state index in [0.29, 0.717) is 13.5 Å². The normalized spacial score (nSPS) is 14.0. The standard InChI is InChI=1S/C42H34N4O2/c1-3-7-39(8-4-1)45-27-35-23-37(19-21-41(35)47-29-45)43-25-31-11-15-33(16-12-31)34-17-13-32(14-18-34)26-44-38-20-22-42-36(24-38)28-46(30-48-42)40-9-5-2-6-10-40/h1-26H,27-30H2. The molecule has 6 nitrogen and oxygen atoms in total. The van der Waals surface area contributed by atoms with Gasteiger partial charge in [0.05, 0.1) is 11.4 Å². The molecule has 0 amide bonds. The van der Waals surface area contributed by atoms with Crippen molar-refractivity contribution in [2.75, 3.05) is 23.3 Å². The van der Waals surface area contributed by atoms with Crippen LogP contribution in [0.5, 0.6) is 11.5 Å². The third-order valence-electron chi connectivity index (χ3n) is 8.69. The van der Waals surface area contributed by atoms with E-state index in [1.54, 1.807) is 0 Å². The number of fused-ring (bicyclic) bond motifs is 2. The van der Waals surface area contributed by atoms with Gasteiger partial charge >= 0.3 is 0 Å². The van der Waals surface area contributed by atoms with E-state index in [-0.39, 0.29) is 0 Å². The second-order valence-electron chi connectivity index (χ2n) is 12.0. The SMILES string of the molecule is C(=Nc1ccc2c(c1)CN(c1ccccc1)CO2)c1ccc(-c2ccc(C=Nc3ccc4c(c3)CN(c3ccccc3)CO4)cc2)cc1. The van der Waals surface area contributed by atoms with Crippen LogP contribution in [0.15, 0.2) is 156 Å². The van der Waals surface area contributed by atoms with Gasteiger partial charge in [-0.3, -0.25) is 9.98 Å². The van der Waals surface area contributed by atoms with Crippen molar-refractivity contribution >= 4 is 35.2 Å². The van der Waals surface area contributed by atoms with Crippen LogP contribution in [0.3, 0.4) is 0 Å². The molecule has 0 spiro atoms. The van der Waals surface area contributed by atoms with Crippen LogP contribution >= 0.6 is 0 Å². The van der Waals surface area contributed by atoms with Gasteiger partial charge < -0.3 is 19.3 Å². The monoisotopic (exact) mass is 626 g/mol. The first-order valence-corrected chi connectivity index (χ1v) is 16.1. The van der Waals surface area contributed by atoms with Gasteiger partial charge in [-0.25, -0.2) is 0 Å². The van der Waals surface area contributed by atoms with E-state index in [4.69, 9.17) is 19.5 Å². The fraction of sp³-hybridized carbons (Fsp3) is 0.0952. The first kappa shape index (κ1) is 29.3. The predicted octanol–water partition coefficient (Wildman–Crippen LogP) is 9.57. The summed E-state index contributed by atoms with van der Waals surface area (Å²) in [6.45, 7) is 2.67. The molecule has 0 saturated heterocycles. The van der Waals surface area contributed by atoms with Gasteiger partial charge in [0, 0.05) is 48.0 Å². The molecule has 0 unspecified atom stereocenters. The third kappa shape index (κ3) is 6.55. The Balaban J connectivity index is 0.895. The molecule has 0 aromatic heterocycles. The summed E-state index contributed by atoms with van der Waals surface area (Å²) < 4.78 is 12.0. The summed E-state index contributed by atoms with van der Waals surface area (Å²) in [5, 5.41) is 0. The zero-order valence-corrected chi connectivity index (χ0v) is 26.4. The molecular formula is C42H34N4O2. The second-order valence-corrected chi connectivity index (χ2v) is 12.0. The van der Waals surface area contributed by atoms with Crippen molar-refractivity contribution in [1.29, 1.82) is 0 Å². The van der Waals surface area contributed by atoms with Crippen molar-refractivity contribution in [3.8, 4) is 22.6 Å². The van der Waals surface area contributed by atoms with E-state index in [2.05, 4.69) is 119 Å². The van der Waals surface area contributed by atoms with Crippen LogP contribution < -0.4 is 19.3 Å². The van der Waals surface area contributed by atoms with Crippen molar-refractivity contribution in [2.45, 2.75) is 13.1 Å². The molecular weight excluding hydrogens is 592 g/mol. The molecule has 6 aromatic carbocycles. The number of rotatable bonds is 7. The van der Waals surface area contributed by atoms with Crippen LogP contribution in [0.1, 0.15) is 22.3 Å². The maximum atomic E-state index is 6.00. The summed E-state index contributed by atoms with van der Waals surface area (Å²) in [6, 6.07) is 49.9. The summed E-state index contributed by atoms with van der Waals surface area (Å²) in [7, 11) is 0. The first-order valence-electron chi connectivity index (χ1n) is 16.1. The van der Waals surface area contributed by atoms with Crippen molar-refractivity contribution < 1.29 is 9.47 Å². The minimum Gasteiger partial charge on any atom is -0.473 e. The number of nitrogens with zero attached hydrogens (tertiary/aromatic N) is 4. The van der Waals surface area contributed by atoms with Crippen LogP contribution in [-0.2, 0) is 13.1 Å². The highest BCUT2D eigenvalue weighted by Crippen LogP contribution is 2.33. The van der Waals surface area contributed by atoms with Crippen molar-refractivity contribution in [1.82, 2.24) is 0 Å². The highest BCUT2D eigenvalue weighted by atomic mass is 16.5. The summed E-state index contributed by atoms with van der Waals surface area (Å²) in [4.78, 5) is 14.0. The Kier molecular flexibility index (Phi) is 8.11. The van der Waals surface area contributed by atoms with Gasteiger partial charge in [0.1, 0.15) is 11.5 Å². The van der Waals surface area contributed by atoms with Gasteiger partial charge in [-0.2, -0.15) is 0 Å². The quantitative estimate of drug-likeness (QED) is 0.166. The van der Waals surface area contributed by atoms with E-state index in [1.807, 2.05) is 48.8 Å². The smallest absolute Gasteiger partial charge is 0.161 e. The molecule has 8 rings (SSSR count). The lowest BCUT2D eigenvalue weighted by atomic mass is 10.0. The number of hydrogen-bond donors (Lipinski definition) is 0. The number of para-hydroxylation sites is 2. The molecule has 2 aliphatic heterocycles. The summed E-state index contributed by atoms with van der Waals surface area (Å²) in [5.41, 5.74) is 10.8. The molecule has 0 atom stereocenters. The molecule has 48 heavy (non-hydrogen) atoms. The largest absolute Gasteiger partial charge is 0.473 e. The molecule has 2 aliphatic rings. The van der Waals surface area contributed by atoms with Gasteiger partial charge in [0.25, 0.3) is 0 Å². The highest BCUT2D eigenvalue weighted by Gasteiger charge is 2.19. The number of aliphatic imine (C=N–C) groups is 2.